The van der Waals surface area contributed by atoms with Gasteiger partial charge in [-0.3, -0.25) is 9.59 Å². The molecule has 1 aromatic heterocycles. The van der Waals surface area contributed by atoms with E-state index in [9.17, 15) is 9.59 Å². The molecule has 2 aliphatic heterocycles. The smallest absolute Gasteiger partial charge is 0.251 e. The van der Waals surface area contributed by atoms with Crippen molar-refractivity contribution in [2.75, 3.05) is 31.9 Å². The Labute approximate surface area is 188 Å². The van der Waals surface area contributed by atoms with Crippen LogP contribution in [0, 0.1) is 5.92 Å². The van der Waals surface area contributed by atoms with E-state index in [1.807, 2.05) is 41.3 Å². The fourth-order valence-corrected chi connectivity index (χ4v) is 5.35. The van der Waals surface area contributed by atoms with Gasteiger partial charge >= 0.3 is 0 Å². The van der Waals surface area contributed by atoms with Gasteiger partial charge in [-0.15, -0.1) is 11.8 Å². The Morgan fingerprint density at radius 1 is 1.19 bits per heavy atom. The van der Waals surface area contributed by atoms with Gasteiger partial charge in [0, 0.05) is 12.1 Å². The van der Waals surface area contributed by atoms with Crippen LogP contribution in [0.1, 0.15) is 53.2 Å². The fourth-order valence-electron chi connectivity index (χ4n) is 4.16. The third-order valence-electron chi connectivity index (χ3n) is 6.15. The highest BCUT2D eigenvalue weighted by Gasteiger charge is 2.33. The van der Waals surface area contributed by atoms with Gasteiger partial charge in [-0.05, 0) is 74.6 Å². The minimum Gasteiger partial charge on any atom is -0.467 e. The Balaban J connectivity index is 1.26. The van der Waals surface area contributed by atoms with Crippen LogP contribution in [0.3, 0.4) is 0 Å². The van der Waals surface area contributed by atoms with Crippen molar-refractivity contribution in [3.8, 4) is 0 Å². The van der Waals surface area contributed by atoms with Crippen LogP contribution in [-0.4, -0.2) is 53.5 Å². The highest BCUT2D eigenvalue weighted by atomic mass is 32.2. The second kappa shape index (κ2) is 10.4. The number of carbonyl (C=O) groups is 2. The van der Waals surface area contributed by atoms with Gasteiger partial charge in [0.25, 0.3) is 5.91 Å². The van der Waals surface area contributed by atoms with Crippen LogP contribution in [0.25, 0.3) is 0 Å². The molecule has 4 rings (SSSR count). The van der Waals surface area contributed by atoms with Crippen molar-refractivity contribution in [3.63, 3.8) is 0 Å². The summed E-state index contributed by atoms with van der Waals surface area (Å²) >= 11 is 1.61. The Morgan fingerprint density at radius 3 is 2.68 bits per heavy atom. The zero-order valence-corrected chi connectivity index (χ0v) is 18.9. The fraction of sp³-hybridized carbons (Fsp3) is 0.500. The predicted octanol–water partition coefficient (Wildman–Crippen LogP) is 3.91. The summed E-state index contributed by atoms with van der Waals surface area (Å²) in [5.74, 6) is 2.15. The van der Waals surface area contributed by atoms with E-state index in [2.05, 4.69) is 17.1 Å². The minimum absolute atomic E-state index is 0.0404. The van der Waals surface area contributed by atoms with Gasteiger partial charge in [-0.1, -0.05) is 19.1 Å². The topological polar surface area (TPSA) is 65.8 Å². The Kier molecular flexibility index (Phi) is 7.35. The number of benzene rings is 1. The standard InChI is InChI=1S/C24H31N3O3S/c1-18-9-13-26(14-10-18)12-3-11-25-23(29)19-5-7-20(8-6-19)24-27(22(28)17-31-24)16-21-4-2-15-30-21/h2,4-8,15,18,24H,3,9-14,16-17H2,1H3,(H,25,29)/t24-/m1/s1. The van der Waals surface area contributed by atoms with Crippen molar-refractivity contribution >= 4 is 23.6 Å². The number of likely N-dealkylation sites (tertiary alicyclic amines) is 1. The number of nitrogens with one attached hydrogen (secondary N) is 1. The monoisotopic (exact) mass is 441 g/mol. The highest BCUT2D eigenvalue weighted by molar-refractivity contribution is 8.00. The molecule has 0 bridgehead atoms. The second-order valence-electron chi connectivity index (χ2n) is 8.52. The van der Waals surface area contributed by atoms with Crippen molar-refractivity contribution < 1.29 is 14.0 Å². The SMILES string of the molecule is CC1CCN(CCCNC(=O)c2ccc([C@H]3SCC(=O)N3Cc3ccco3)cc2)CC1. The first-order chi connectivity index (χ1) is 15.1. The minimum atomic E-state index is -0.0537. The van der Waals surface area contributed by atoms with Gasteiger partial charge in [-0.2, -0.15) is 0 Å². The third kappa shape index (κ3) is 5.71. The molecule has 7 heteroatoms. The zero-order valence-electron chi connectivity index (χ0n) is 18.1. The van der Waals surface area contributed by atoms with Gasteiger partial charge < -0.3 is 19.5 Å². The van der Waals surface area contributed by atoms with Crippen molar-refractivity contribution in [2.24, 2.45) is 5.92 Å². The molecule has 0 radical (unpaired) electrons. The van der Waals surface area contributed by atoms with Gasteiger partial charge in [0.05, 0.1) is 18.6 Å². The van der Waals surface area contributed by atoms with Crippen LogP contribution in [0.15, 0.2) is 47.1 Å². The van der Waals surface area contributed by atoms with E-state index in [0.29, 0.717) is 24.4 Å². The summed E-state index contributed by atoms with van der Waals surface area (Å²) in [6.45, 7) is 6.87. The van der Waals surface area contributed by atoms with E-state index < -0.39 is 0 Å². The molecule has 0 spiro atoms. The third-order valence-corrected chi connectivity index (χ3v) is 7.40. The van der Waals surface area contributed by atoms with Crippen molar-refractivity contribution in [1.29, 1.82) is 0 Å². The van der Waals surface area contributed by atoms with E-state index in [1.54, 1.807) is 18.0 Å². The van der Waals surface area contributed by atoms with Gasteiger partial charge in [-0.25, -0.2) is 0 Å². The second-order valence-corrected chi connectivity index (χ2v) is 9.59. The first-order valence-corrected chi connectivity index (χ1v) is 12.2. The van der Waals surface area contributed by atoms with Crippen molar-refractivity contribution in [2.45, 2.75) is 38.1 Å². The molecular formula is C24H31N3O3S. The molecule has 2 aromatic rings. The van der Waals surface area contributed by atoms with Gasteiger partial charge in [0.15, 0.2) is 0 Å². The number of nitrogens with zero attached hydrogens (tertiary/aromatic N) is 2. The van der Waals surface area contributed by atoms with E-state index in [4.69, 9.17) is 4.42 Å². The molecule has 1 atom stereocenters. The van der Waals surface area contributed by atoms with E-state index >= 15 is 0 Å². The Bertz CT molecular complexity index is 861. The maximum absolute atomic E-state index is 12.5. The lowest BCUT2D eigenvalue weighted by molar-refractivity contribution is -0.128. The average Bonchev–Trinajstić information content (AvgIpc) is 3.43. The molecule has 0 saturated carbocycles. The molecule has 0 unspecified atom stereocenters. The summed E-state index contributed by atoms with van der Waals surface area (Å²) in [4.78, 5) is 29.2. The largest absolute Gasteiger partial charge is 0.467 e. The summed E-state index contributed by atoms with van der Waals surface area (Å²) in [5, 5.41) is 2.98. The lowest BCUT2D eigenvalue weighted by Crippen LogP contribution is -2.35. The molecule has 2 fully saturated rings. The molecule has 31 heavy (non-hydrogen) atoms. The number of hydrogen-bond acceptors (Lipinski definition) is 5. The van der Waals surface area contributed by atoms with Crippen LogP contribution in [0.5, 0.6) is 0 Å². The normalized spacial score (nSPS) is 20.4. The van der Waals surface area contributed by atoms with Crippen LogP contribution in [0.2, 0.25) is 0 Å². The predicted molar refractivity (Wildman–Crippen MR) is 123 cm³/mol. The van der Waals surface area contributed by atoms with Crippen LogP contribution >= 0.6 is 11.8 Å². The molecule has 1 aromatic carbocycles. The molecule has 2 saturated heterocycles. The average molecular weight is 442 g/mol. The molecular weight excluding hydrogens is 410 g/mol. The lowest BCUT2D eigenvalue weighted by atomic mass is 9.99. The first kappa shape index (κ1) is 22.0. The zero-order chi connectivity index (χ0) is 21.6. The van der Waals surface area contributed by atoms with Crippen LogP contribution in [0.4, 0.5) is 0 Å². The maximum atomic E-state index is 12.5. The number of amides is 2. The van der Waals surface area contributed by atoms with Crippen molar-refractivity contribution in [1.82, 2.24) is 15.1 Å². The van der Waals surface area contributed by atoms with Crippen molar-refractivity contribution in [3.05, 3.63) is 59.5 Å². The Morgan fingerprint density at radius 2 is 1.97 bits per heavy atom. The molecule has 0 aliphatic carbocycles. The molecule has 2 aliphatic rings. The van der Waals surface area contributed by atoms with E-state index in [-0.39, 0.29) is 17.2 Å². The maximum Gasteiger partial charge on any atom is 0.251 e. The summed E-state index contributed by atoms with van der Waals surface area (Å²) < 4.78 is 5.41. The van der Waals surface area contributed by atoms with Crippen LogP contribution < -0.4 is 5.32 Å². The summed E-state index contributed by atoms with van der Waals surface area (Å²) in [6, 6.07) is 11.3. The number of piperidine rings is 1. The molecule has 166 valence electrons. The highest BCUT2D eigenvalue weighted by Crippen LogP contribution is 2.39. The summed E-state index contributed by atoms with van der Waals surface area (Å²) in [5.41, 5.74) is 1.68. The molecule has 3 heterocycles. The number of thioether (sulfide) groups is 1. The quantitative estimate of drug-likeness (QED) is 0.630. The molecule has 1 N–H and O–H groups in total. The number of carbonyl (C=O) groups excluding carboxylic acids is 2. The summed E-state index contributed by atoms with van der Waals surface area (Å²) in [7, 11) is 0. The van der Waals surface area contributed by atoms with Crippen LogP contribution in [-0.2, 0) is 11.3 Å². The molecule has 6 nitrogen and oxygen atoms in total. The van der Waals surface area contributed by atoms with Gasteiger partial charge in [0.1, 0.15) is 11.1 Å². The first-order valence-electron chi connectivity index (χ1n) is 11.1. The molecule has 2 amide bonds. The number of furan rings is 1. The summed E-state index contributed by atoms with van der Waals surface area (Å²) in [6.07, 6.45) is 5.16. The number of rotatable bonds is 8. The number of hydrogen-bond donors (Lipinski definition) is 1. The van der Waals surface area contributed by atoms with Gasteiger partial charge in [0.2, 0.25) is 5.91 Å². The lowest BCUT2D eigenvalue weighted by Gasteiger charge is -2.30. The Hall–Kier alpha value is -2.25. The van der Waals surface area contributed by atoms with E-state index in [1.165, 1.54) is 25.9 Å². The van der Waals surface area contributed by atoms with E-state index in [0.717, 1.165) is 30.2 Å².